The van der Waals surface area contributed by atoms with E-state index in [1.807, 2.05) is 11.5 Å². The van der Waals surface area contributed by atoms with Crippen LogP contribution in [0, 0.1) is 0 Å². The standard InChI is InChI=1S/C14H21N3O/c1-3-10-5-6-13-12(9-10)16-14(11(15)4-2)17(13)7-8-18/h5-6,9,11,18H,3-4,7-8,15H2,1-2H3. The van der Waals surface area contributed by atoms with Crippen LogP contribution in [0.3, 0.4) is 0 Å². The highest BCUT2D eigenvalue weighted by molar-refractivity contribution is 5.77. The lowest BCUT2D eigenvalue weighted by atomic mass is 10.1. The zero-order chi connectivity index (χ0) is 13.1. The molecule has 0 radical (unpaired) electrons. The van der Waals surface area contributed by atoms with Crippen molar-refractivity contribution < 1.29 is 5.11 Å². The Morgan fingerprint density at radius 1 is 1.39 bits per heavy atom. The number of hydrogen-bond donors (Lipinski definition) is 2. The van der Waals surface area contributed by atoms with Crippen molar-refractivity contribution in [3.63, 3.8) is 0 Å². The molecule has 3 N–H and O–H groups in total. The van der Waals surface area contributed by atoms with Gasteiger partial charge in [-0.05, 0) is 30.5 Å². The monoisotopic (exact) mass is 247 g/mol. The number of nitrogens with zero attached hydrogens (tertiary/aromatic N) is 2. The molecule has 4 nitrogen and oxygen atoms in total. The lowest BCUT2D eigenvalue weighted by Crippen LogP contribution is -2.17. The Hall–Kier alpha value is -1.39. The fraction of sp³-hybridized carbons (Fsp3) is 0.500. The summed E-state index contributed by atoms with van der Waals surface area (Å²) in [6.45, 7) is 4.82. The van der Waals surface area contributed by atoms with Crippen LogP contribution in [0.5, 0.6) is 0 Å². The van der Waals surface area contributed by atoms with Crippen molar-refractivity contribution in [2.45, 2.75) is 39.3 Å². The number of rotatable bonds is 5. The van der Waals surface area contributed by atoms with Crippen LogP contribution >= 0.6 is 0 Å². The van der Waals surface area contributed by atoms with E-state index in [9.17, 15) is 5.11 Å². The molecule has 0 spiro atoms. The molecule has 1 unspecified atom stereocenters. The molecule has 0 aliphatic heterocycles. The number of aliphatic hydroxyl groups is 1. The first-order valence-corrected chi connectivity index (χ1v) is 6.56. The van der Waals surface area contributed by atoms with Crippen LogP contribution in [0.15, 0.2) is 18.2 Å². The summed E-state index contributed by atoms with van der Waals surface area (Å²) in [5.41, 5.74) is 9.40. The first-order chi connectivity index (χ1) is 8.71. The summed E-state index contributed by atoms with van der Waals surface area (Å²) >= 11 is 0. The summed E-state index contributed by atoms with van der Waals surface area (Å²) in [4.78, 5) is 4.64. The molecule has 0 aliphatic carbocycles. The number of aliphatic hydroxyl groups excluding tert-OH is 1. The minimum absolute atomic E-state index is 0.0750. The fourth-order valence-electron chi connectivity index (χ4n) is 2.21. The second-order valence-corrected chi connectivity index (χ2v) is 4.54. The highest BCUT2D eigenvalue weighted by Crippen LogP contribution is 2.22. The molecule has 1 aromatic carbocycles. The number of imidazole rings is 1. The number of nitrogens with two attached hydrogens (primary N) is 1. The van der Waals surface area contributed by atoms with Crippen LogP contribution in [-0.4, -0.2) is 21.3 Å². The summed E-state index contributed by atoms with van der Waals surface area (Å²) in [5, 5.41) is 9.19. The SMILES string of the molecule is CCc1ccc2c(c1)nc(C(N)CC)n2CCO. The molecule has 18 heavy (non-hydrogen) atoms. The summed E-state index contributed by atoms with van der Waals surface area (Å²) < 4.78 is 2.03. The molecule has 1 aromatic heterocycles. The molecule has 2 aromatic rings. The topological polar surface area (TPSA) is 64.1 Å². The van der Waals surface area contributed by atoms with Gasteiger partial charge in [-0.15, -0.1) is 0 Å². The Morgan fingerprint density at radius 3 is 2.78 bits per heavy atom. The van der Waals surface area contributed by atoms with Gasteiger partial charge in [0.2, 0.25) is 0 Å². The van der Waals surface area contributed by atoms with E-state index in [1.165, 1.54) is 5.56 Å². The number of aromatic nitrogens is 2. The van der Waals surface area contributed by atoms with E-state index < -0.39 is 0 Å². The maximum Gasteiger partial charge on any atom is 0.126 e. The van der Waals surface area contributed by atoms with E-state index in [-0.39, 0.29) is 12.6 Å². The molecule has 0 saturated heterocycles. The average molecular weight is 247 g/mol. The molecule has 0 amide bonds. The van der Waals surface area contributed by atoms with Crippen molar-refractivity contribution in [3.8, 4) is 0 Å². The van der Waals surface area contributed by atoms with Gasteiger partial charge in [0.05, 0.1) is 23.7 Å². The third-order valence-electron chi connectivity index (χ3n) is 3.35. The Labute approximate surface area is 107 Å². The summed E-state index contributed by atoms with van der Waals surface area (Å²) in [6, 6.07) is 6.21. The highest BCUT2D eigenvalue weighted by Gasteiger charge is 2.15. The minimum Gasteiger partial charge on any atom is -0.395 e. The van der Waals surface area contributed by atoms with E-state index in [0.29, 0.717) is 6.54 Å². The Kier molecular flexibility index (Phi) is 3.99. The van der Waals surface area contributed by atoms with Gasteiger partial charge in [-0.2, -0.15) is 0 Å². The smallest absolute Gasteiger partial charge is 0.126 e. The normalized spacial score (nSPS) is 13.1. The van der Waals surface area contributed by atoms with Crippen LogP contribution in [0.1, 0.15) is 37.7 Å². The van der Waals surface area contributed by atoms with Crippen molar-refractivity contribution in [3.05, 3.63) is 29.6 Å². The van der Waals surface area contributed by atoms with Crippen LogP contribution < -0.4 is 5.73 Å². The molecule has 0 saturated carbocycles. The number of fused-ring (bicyclic) bond motifs is 1. The van der Waals surface area contributed by atoms with Gasteiger partial charge in [0.25, 0.3) is 0 Å². The summed E-state index contributed by atoms with van der Waals surface area (Å²) in [5.74, 6) is 0.870. The van der Waals surface area contributed by atoms with Crippen LogP contribution in [-0.2, 0) is 13.0 Å². The van der Waals surface area contributed by atoms with Crippen LogP contribution in [0.4, 0.5) is 0 Å². The molecule has 0 fully saturated rings. The second kappa shape index (κ2) is 5.50. The molecule has 4 heteroatoms. The maximum atomic E-state index is 9.19. The third kappa shape index (κ3) is 2.26. The number of hydrogen-bond acceptors (Lipinski definition) is 3. The van der Waals surface area contributed by atoms with Gasteiger partial charge in [0.1, 0.15) is 5.82 Å². The van der Waals surface area contributed by atoms with Crippen molar-refractivity contribution >= 4 is 11.0 Å². The van der Waals surface area contributed by atoms with E-state index >= 15 is 0 Å². The first-order valence-electron chi connectivity index (χ1n) is 6.56. The summed E-state index contributed by atoms with van der Waals surface area (Å²) in [7, 11) is 0. The van der Waals surface area contributed by atoms with E-state index in [0.717, 1.165) is 29.7 Å². The first kappa shape index (κ1) is 13.1. The van der Waals surface area contributed by atoms with Crippen molar-refractivity contribution in [1.82, 2.24) is 9.55 Å². The molecular formula is C14H21N3O. The van der Waals surface area contributed by atoms with Crippen LogP contribution in [0.25, 0.3) is 11.0 Å². The molecule has 0 aliphatic rings. The summed E-state index contributed by atoms with van der Waals surface area (Å²) in [6.07, 6.45) is 1.84. The van der Waals surface area contributed by atoms with Crippen molar-refractivity contribution in [1.29, 1.82) is 0 Å². The van der Waals surface area contributed by atoms with Gasteiger partial charge >= 0.3 is 0 Å². The molecule has 1 atom stereocenters. The van der Waals surface area contributed by atoms with Crippen molar-refractivity contribution in [2.75, 3.05) is 6.61 Å². The number of aryl methyl sites for hydroxylation is 1. The Balaban J connectivity index is 2.58. The maximum absolute atomic E-state index is 9.19. The number of benzene rings is 1. The fourth-order valence-corrected chi connectivity index (χ4v) is 2.21. The lowest BCUT2D eigenvalue weighted by molar-refractivity contribution is 0.275. The molecule has 0 bridgehead atoms. The predicted molar refractivity (Wildman–Crippen MR) is 73.4 cm³/mol. The van der Waals surface area contributed by atoms with Gasteiger partial charge in [-0.25, -0.2) is 4.98 Å². The predicted octanol–water partition coefficient (Wildman–Crippen LogP) is 2.00. The van der Waals surface area contributed by atoms with E-state index in [2.05, 4.69) is 30.1 Å². The zero-order valence-electron chi connectivity index (χ0n) is 11.1. The zero-order valence-corrected chi connectivity index (χ0v) is 11.1. The second-order valence-electron chi connectivity index (χ2n) is 4.54. The van der Waals surface area contributed by atoms with Gasteiger partial charge in [0.15, 0.2) is 0 Å². The Morgan fingerprint density at radius 2 is 2.17 bits per heavy atom. The molecule has 1 heterocycles. The molecule has 2 rings (SSSR count). The third-order valence-corrected chi connectivity index (χ3v) is 3.35. The quantitative estimate of drug-likeness (QED) is 0.849. The highest BCUT2D eigenvalue weighted by atomic mass is 16.3. The molecule has 98 valence electrons. The van der Waals surface area contributed by atoms with Gasteiger partial charge in [-0.1, -0.05) is 19.9 Å². The largest absolute Gasteiger partial charge is 0.395 e. The average Bonchev–Trinajstić information content (AvgIpc) is 2.76. The van der Waals surface area contributed by atoms with Gasteiger partial charge in [-0.3, -0.25) is 0 Å². The minimum atomic E-state index is -0.0750. The lowest BCUT2D eigenvalue weighted by Gasteiger charge is -2.11. The van der Waals surface area contributed by atoms with Gasteiger partial charge in [0, 0.05) is 6.54 Å². The van der Waals surface area contributed by atoms with E-state index in [4.69, 9.17) is 5.73 Å². The molecular weight excluding hydrogens is 226 g/mol. The van der Waals surface area contributed by atoms with Gasteiger partial charge < -0.3 is 15.4 Å². The van der Waals surface area contributed by atoms with E-state index in [1.54, 1.807) is 0 Å². The Bertz CT molecular complexity index is 533. The van der Waals surface area contributed by atoms with Crippen molar-refractivity contribution in [2.24, 2.45) is 5.73 Å². The van der Waals surface area contributed by atoms with Crippen LogP contribution in [0.2, 0.25) is 0 Å².